The maximum atomic E-state index is 12.4. The molecular weight excluding hydrogens is 310 g/mol. The smallest absolute Gasteiger partial charge is 0.236 e. The SMILES string of the molecule is CN(CC(=O)N1CCCC1)C[C@@H](c1cccs1)N1CCOCC1. The first-order valence-electron chi connectivity index (χ1n) is 8.55. The molecule has 1 amide bonds. The lowest BCUT2D eigenvalue weighted by atomic mass is 10.1. The highest BCUT2D eigenvalue weighted by Gasteiger charge is 2.26. The molecule has 1 atom stereocenters. The van der Waals surface area contributed by atoms with Crippen LogP contribution in [0.3, 0.4) is 0 Å². The Morgan fingerprint density at radius 3 is 2.70 bits per heavy atom. The zero-order valence-corrected chi connectivity index (χ0v) is 14.8. The van der Waals surface area contributed by atoms with E-state index in [9.17, 15) is 4.79 Å². The molecule has 0 radical (unpaired) electrons. The van der Waals surface area contributed by atoms with Crippen molar-refractivity contribution < 1.29 is 9.53 Å². The molecule has 128 valence electrons. The molecule has 0 spiro atoms. The monoisotopic (exact) mass is 337 g/mol. The molecule has 2 aliphatic heterocycles. The summed E-state index contributed by atoms with van der Waals surface area (Å²) in [7, 11) is 2.06. The third kappa shape index (κ3) is 4.53. The average Bonchev–Trinajstić information content (AvgIpc) is 3.26. The van der Waals surface area contributed by atoms with Gasteiger partial charge in [-0.25, -0.2) is 0 Å². The van der Waals surface area contributed by atoms with E-state index in [1.54, 1.807) is 11.3 Å². The molecule has 1 aromatic rings. The van der Waals surface area contributed by atoms with E-state index in [2.05, 4.69) is 34.4 Å². The zero-order chi connectivity index (χ0) is 16.1. The number of hydrogen-bond acceptors (Lipinski definition) is 5. The molecule has 2 aliphatic rings. The van der Waals surface area contributed by atoms with Gasteiger partial charge in [0, 0.05) is 37.6 Å². The Labute approximate surface area is 142 Å². The number of hydrogen-bond donors (Lipinski definition) is 0. The van der Waals surface area contributed by atoms with E-state index in [0.717, 1.165) is 58.8 Å². The number of likely N-dealkylation sites (N-methyl/N-ethyl adjacent to an activating group) is 1. The number of likely N-dealkylation sites (tertiary alicyclic amines) is 1. The van der Waals surface area contributed by atoms with E-state index >= 15 is 0 Å². The average molecular weight is 337 g/mol. The molecular formula is C17H27N3O2S. The van der Waals surface area contributed by atoms with Gasteiger partial charge in [0.15, 0.2) is 0 Å². The van der Waals surface area contributed by atoms with Crippen LogP contribution in [0.25, 0.3) is 0 Å². The summed E-state index contributed by atoms with van der Waals surface area (Å²) in [6, 6.07) is 4.68. The largest absolute Gasteiger partial charge is 0.379 e. The summed E-state index contributed by atoms with van der Waals surface area (Å²) in [4.78, 5) is 20.4. The van der Waals surface area contributed by atoms with Gasteiger partial charge in [0.1, 0.15) is 0 Å². The summed E-state index contributed by atoms with van der Waals surface area (Å²) in [6.45, 7) is 6.82. The molecule has 1 aromatic heterocycles. The van der Waals surface area contributed by atoms with Gasteiger partial charge in [-0.15, -0.1) is 11.3 Å². The van der Waals surface area contributed by atoms with E-state index in [4.69, 9.17) is 4.74 Å². The third-order valence-electron chi connectivity index (χ3n) is 4.71. The summed E-state index contributed by atoms with van der Waals surface area (Å²) < 4.78 is 5.49. The number of carbonyl (C=O) groups excluding carboxylic acids is 1. The van der Waals surface area contributed by atoms with Crippen LogP contribution in [-0.2, 0) is 9.53 Å². The molecule has 5 nitrogen and oxygen atoms in total. The van der Waals surface area contributed by atoms with Crippen LogP contribution in [0, 0.1) is 0 Å². The van der Waals surface area contributed by atoms with Crippen LogP contribution in [0.5, 0.6) is 0 Å². The van der Waals surface area contributed by atoms with Crippen LogP contribution in [0.15, 0.2) is 17.5 Å². The normalized spacial score (nSPS) is 21.0. The number of ether oxygens (including phenoxy) is 1. The Hall–Kier alpha value is -0.950. The lowest BCUT2D eigenvalue weighted by molar-refractivity contribution is -0.131. The Morgan fingerprint density at radius 1 is 1.30 bits per heavy atom. The van der Waals surface area contributed by atoms with Gasteiger partial charge >= 0.3 is 0 Å². The molecule has 0 aliphatic carbocycles. The Bertz CT molecular complexity index is 482. The minimum absolute atomic E-state index is 0.275. The minimum atomic E-state index is 0.275. The lowest BCUT2D eigenvalue weighted by Crippen LogP contribution is -2.45. The van der Waals surface area contributed by atoms with E-state index in [-0.39, 0.29) is 5.91 Å². The van der Waals surface area contributed by atoms with Gasteiger partial charge in [-0.3, -0.25) is 14.6 Å². The predicted molar refractivity (Wildman–Crippen MR) is 92.8 cm³/mol. The molecule has 23 heavy (non-hydrogen) atoms. The van der Waals surface area contributed by atoms with Gasteiger partial charge in [-0.1, -0.05) is 6.07 Å². The second-order valence-electron chi connectivity index (χ2n) is 6.46. The Kier molecular flexibility index (Phi) is 6.05. The van der Waals surface area contributed by atoms with Crippen molar-refractivity contribution in [2.24, 2.45) is 0 Å². The summed E-state index contributed by atoms with van der Waals surface area (Å²) >= 11 is 1.81. The van der Waals surface area contributed by atoms with Gasteiger partial charge in [-0.2, -0.15) is 0 Å². The fourth-order valence-corrected chi connectivity index (χ4v) is 4.26. The van der Waals surface area contributed by atoms with Crippen LogP contribution < -0.4 is 0 Å². The maximum Gasteiger partial charge on any atom is 0.236 e. The molecule has 0 N–H and O–H groups in total. The number of morpholine rings is 1. The number of rotatable bonds is 6. The molecule has 3 heterocycles. The van der Waals surface area contributed by atoms with E-state index in [1.165, 1.54) is 4.88 Å². The van der Waals surface area contributed by atoms with Crippen LogP contribution in [-0.4, -0.2) is 80.1 Å². The summed E-state index contributed by atoms with van der Waals surface area (Å²) in [5.41, 5.74) is 0. The molecule has 0 saturated carbocycles. The minimum Gasteiger partial charge on any atom is -0.379 e. The second-order valence-corrected chi connectivity index (χ2v) is 7.44. The second kappa shape index (κ2) is 8.24. The first kappa shape index (κ1) is 16.9. The van der Waals surface area contributed by atoms with E-state index < -0.39 is 0 Å². The maximum absolute atomic E-state index is 12.4. The number of carbonyl (C=O) groups is 1. The summed E-state index contributed by atoms with van der Waals surface area (Å²) in [6.07, 6.45) is 2.31. The molecule has 2 fully saturated rings. The molecule has 6 heteroatoms. The zero-order valence-electron chi connectivity index (χ0n) is 13.9. The van der Waals surface area contributed by atoms with Gasteiger partial charge in [0.25, 0.3) is 0 Å². The standard InChI is InChI=1S/C17H27N3O2S/c1-18(14-17(21)20-6-2-3-7-20)13-15(16-5-4-12-23-16)19-8-10-22-11-9-19/h4-5,12,15H,2-3,6-11,13-14H2,1H3/t15-/m0/s1. The van der Waals surface area contributed by atoms with Crippen molar-refractivity contribution >= 4 is 17.2 Å². The van der Waals surface area contributed by atoms with Crippen molar-refractivity contribution in [2.45, 2.75) is 18.9 Å². The van der Waals surface area contributed by atoms with Crippen LogP contribution >= 0.6 is 11.3 Å². The highest BCUT2D eigenvalue weighted by molar-refractivity contribution is 7.10. The first-order valence-corrected chi connectivity index (χ1v) is 9.43. The van der Waals surface area contributed by atoms with Crippen LogP contribution in [0.4, 0.5) is 0 Å². The van der Waals surface area contributed by atoms with Crippen molar-refractivity contribution in [3.8, 4) is 0 Å². The van der Waals surface area contributed by atoms with Crippen molar-refractivity contribution in [1.82, 2.24) is 14.7 Å². The van der Waals surface area contributed by atoms with Gasteiger partial charge < -0.3 is 9.64 Å². The molecule has 2 saturated heterocycles. The van der Waals surface area contributed by atoms with Crippen LogP contribution in [0.1, 0.15) is 23.8 Å². The molecule has 0 aromatic carbocycles. The summed E-state index contributed by atoms with van der Waals surface area (Å²) in [5.74, 6) is 0.275. The topological polar surface area (TPSA) is 36.0 Å². The fourth-order valence-electron chi connectivity index (χ4n) is 3.41. The van der Waals surface area contributed by atoms with E-state index in [1.807, 2.05) is 4.90 Å². The number of nitrogens with zero attached hydrogens (tertiary/aromatic N) is 3. The summed E-state index contributed by atoms with van der Waals surface area (Å²) in [5, 5.41) is 2.14. The quantitative estimate of drug-likeness (QED) is 0.791. The lowest BCUT2D eigenvalue weighted by Gasteiger charge is -2.36. The van der Waals surface area contributed by atoms with Crippen molar-refractivity contribution in [2.75, 3.05) is 59.5 Å². The van der Waals surface area contributed by atoms with Crippen LogP contribution in [0.2, 0.25) is 0 Å². The van der Waals surface area contributed by atoms with Crippen molar-refractivity contribution in [1.29, 1.82) is 0 Å². The highest BCUT2D eigenvalue weighted by atomic mass is 32.1. The fraction of sp³-hybridized carbons (Fsp3) is 0.706. The third-order valence-corrected chi connectivity index (χ3v) is 5.68. The first-order chi connectivity index (χ1) is 11.2. The predicted octanol–water partition coefficient (Wildman–Crippen LogP) is 1.68. The molecule has 0 bridgehead atoms. The number of amides is 1. The van der Waals surface area contributed by atoms with Crippen molar-refractivity contribution in [3.63, 3.8) is 0 Å². The Morgan fingerprint density at radius 2 is 2.04 bits per heavy atom. The van der Waals surface area contributed by atoms with E-state index in [0.29, 0.717) is 12.6 Å². The van der Waals surface area contributed by atoms with Gasteiger partial charge in [-0.05, 0) is 31.3 Å². The van der Waals surface area contributed by atoms with Gasteiger partial charge in [0.2, 0.25) is 5.91 Å². The van der Waals surface area contributed by atoms with Crippen molar-refractivity contribution in [3.05, 3.63) is 22.4 Å². The molecule has 0 unspecified atom stereocenters. The van der Waals surface area contributed by atoms with Gasteiger partial charge in [0.05, 0.1) is 25.8 Å². The number of thiophene rings is 1. The Balaban J connectivity index is 1.59. The highest BCUT2D eigenvalue weighted by Crippen LogP contribution is 2.26. The molecule has 3 rings (SSSR count).